The van der Waals surface area contributed by atoms with Crippen LogP contribution in [0.3, 0.4) is 0 Å². The fraction of sp³-hybridized carbons (Fsp3) is 0.824. The molecule has 0 aromatic rings. The van der Waals surface area contributed by atoms with Gasteiger partial charge in [-0.2, -0.15) is 0 Å². The molecule has 1 atom stereocenters. The quantitative estimate of drug-likeness (QED) is 0.535. The van der Waals surface area contributed by atoms with Crippen LogP contribution in [0.25, 0.3) is 0 Å². The molecular weight excluding hydrogens is 280 g/mol. The van der Waals surface area contributed by atoms with E-state index in [1.165, 1.54) is 6.42 Å². The van der Waals surface area contributed by atoms with Crippen molar-refractivity contribution in [3.8, 4) is 0 Å². The first-order valence-corrected chi connectivity index (χ1v) is 8.67. The molecule has 1 unspecified atom stereocenters. The Morgan fingerprint density at radius 2 is 2.00 bits per heavy atom. The highest BCUT2D eigenvalue weighted by molar-refractivity contribution is 5.73. The molecule has 2 aliphatic rings. The lowest BCUT2D eigenvalue weighted by Gasteiger charge is -2.21. The van der Waals surface area contributed by atoms with Gasteiger partial charge in [-0.25, -0.2) is 4.79 Å². The molecule has 5 nitrogen and oxygen atoms in total. The summed E-state index contributed by atoms with van der Waals surface area (Å²) in [6.07, 6.45) is 10.9. The topological polar surface area (TPSA) is 59.6 Å². The van der Waals surface area contributed by atoms with E-state index in [1.54, 1.807) is 0 Å². The summed E-state index contributed by atoms with van der Waals surface area (Å²) in [6, 6.07) is -0.0565. The lowest BCUT2D eigenvalue weighted by molar-refractivity contribution is 0.0203. The molecule has 2 N–H and O–H groups in total. The lowest BCUT2D eigenvalue weighted by atomic mass is 9.94. The summed E-state index contributed by atoms with van der Waals surface area (Å²) >= 11 is 0. The second kappa shape index (κ2) is 10.6. The molecule has 2 rings (SSSR count). The van der Waals surface area contributed by atoms with Crippen LogP contribution in [0.1, 0.15) is 38.5 Å². The van der Waals surface area contributed by atoms with Crippen molar-refractivity contribution in [1.82, 2.24) is 10.6 Å². The summed E-state index contributed by atoms with van der Waals surface area (Å²) in [7, 11) is 0. The van der Waals surface area contributed by atoms with E-state index in [1.807, 2.05) is 0 Å². The van der Waals surface area contributed by atoms with Gasteiger partial charge in [0, 0.05) is 39.5 Å². The Bertz CT molecular complexity index is 341. The third kappa shape index (κ3) is 7.27. The van der Waals surface area contributed by atoms with Crippen molar-refractivity contribution in [1.29, 1.82) is 0 Å². The zero-order valence-electron chi connectivity index (χ0n) is 13.5. The third-order valence-corrected chi connectivity index (χ3v) is 4.37. The Hall–Kier alpha value is -1.07. The van der Waals surface area contributed by atoms with Crippen molar-refractivity contribution in [3.05, 3.63) is 12.2 Å². The second-order valence-electron chi connectivity index (χ2n) is 6.27. The SMILES string of the molecule is O=C(NCCCOCC1CCOCC1)NCC1CC=CCC1. The predicted molar refractivity (Wildman–Crippen MR) is 86.9 cm³/mol. The first kappa shape index (κ1) is 17.3. The molecule has 22 heavy (non-hydrogen) atoms. The van der Waals surface area contributed by atoms with Crippen LogP contribution in [-0.2, 0) is 9.47 Å². The van der Waals surface area contributed by atoms with Crippen molar-refractivity contribution in [2.24, 2.45) is 11.8 Å². The van der Waals surface area contributed by atoms with E-state index in [4.69, 9.17) is 9.47 Å². The Morgan fingerprint density at radius 1 is 1.14 bits per heavy atom. The zero-order chi connectivity index (χ0) is 15.5. The van der Waals surface area contributed by atoms with E-state index in [0.717, 1.165) is 58.5 Å². The number of rotatable bonds is 8. The maximum atomic E-state index is 11.7. The minimum atomic E-state index is -0.0565. The molecule has 5 heteroatoms. The van der Waals surface area contributed by atoms with Crippen molar-refractivity contribution in [2.75, 3.05) is 39.5 Å². The Labute approximate surface area is 133 Å². The van der Waals surface area contributed by atoms with Crippen molar-refractivity contribution in [2.45, 2.75) is 38.5 Å². The monoisotopic (exact) mass is 310 g/mol. The molecule has 0 aromatic carbocycles. The van der Waals surface area contributed by atoms with Gasteiger partial charge in [-0.05, 0) is 50.4 Å². The summed E-state index contributed by atoms with van der Waals surface area (Å²) in [6.45, 7) is 4.72. The van der Waals surface area contributed by atoms with Crippen molar-refractivity contribution >= 4 is 6.03 Å². The van der Waals surface area contributed by atoms with Gasteiger partial charge >= 0.3 is 6.03 Å². The molecule has 0 saturated carbocycles. The number of carbonyl (C=O) groups is 1. The fourth-order valence-electron chi connectivity index (χ4n) is 2.88. The summed E-state index contributed by atoms with van der Waals surface area (Å²) in [5.74, 6) is 1.24. The summed E-state index contributed by atoms with van der Waals surface area (Å²) in [5.41, 5.74) is 0. The third-order valence-electron chi connectivity index (χ3n) is 4.37. The number of hydrogen-bond acceptors (Lipinski definition) is 3. The van der Waals surface area contributed by atoms with Gasteiger partial charge in [-0.15, -0.1) is 0 Å². The van der Waals surface area contributed by atoms with Gasteiger partial charge in [0.15, 0.2) is 0 Å². The fourth-order valence-corrected chi connectivity index (χ4v) is 2.88. The molecule has 0 spiro atoms. The normalized spacial score (nSPS) is 22.5. The van der Waals surface area contributed by atoms with Gasteiger partial charge in [-0.1, -0.05) is 12.2 Å². The van der Waals surface area contributed by atoms with Crippen molar-refractivity contribution in [3.63, 3.8) is 0 Å². The van der Waals surface area contributed by atoms with Crippen LogP contribution in [-0.4, -0.2) is 45.5 Å². The van der Waals surface area contributed by atoms with E-state index in [-0.39, 0.29) is 6.03 Å². The average molecular weight is 310 g/mol. The Morgan fingerprint density at radius 3 is 2.77 bits per heavy atom. The summed E-state index contributed by atoms with van der Waals surface area (Å²) in [4.78, 5) is 11.7. The number of nitrogens with one attached hydrogen (secondary N) is 2. The highest BCUT2D eigenvalue weighted by atomic mass is 16.5. The van der Waals surface area contributed by atoms with Gasteiger partial charge in [-0.3, -0.25) is 0 Å². The van der Waals surface area contributed by atoms with Crippen molar-refractivity contribution < 1.29 is 14.3 Å². The van der Waals surface area contributed by atoms with Crippen LogP contribution in [0.5, 0.6) is 0 Å². The van der Waals surface area contributed by atoms with Crippen LogP contribution in [0.15, 0.2) is 12.2 Å². The molecular formula is C17H30N2O3. The molecule has 0 radical (unpaired) electrons. The number of carbonyl (C=O) groups excluding carboxylic acids is 1. The standard InChI is InChI=1S/C17H30N2O3/c20-17(19-13-15-5-2-1-3-6-15)18-9-4-10-22-14-16-7-11-21-12-8-16/h1-2,15-16H,3-14H2,(H2,18,19,20). The van der Waals surface area contributed by atoms with E-state index in [9.17, 15) is 4.79 Å². The minimum Gasteiger partial charge on any atom is -0.381 e. The predicted octanol–water partition coefficient (Wildman–Crippen LogP) is 2.48. The molecule has 0 bridgehead atoms. The largest absolute Gasteiger partial charge is 0.381 e. The number of amides is 2. The smallest absolute Gasteiger partial charge is 0.314 e. The minimum absolute atomic E-state index is 0.0565. The Balaban J connectivity index is 1.39. The first-order chi connectivity index (χ1) is 10.8. The van der Waals surface area contributed by atoms with Gasteiger partial charge in [0.25, 0.3) is 0 Å². The molecule has 1 saturated heterocycles. The van der Waals surface area contributed by atoms with Gasteiger partial charge in [0.1, 0.15) is 0 Å². The maximum Gasteiger partial charge on any atom is 0.314 e. The molecule has 0 aromatic heterocycles. The highest BCUT2D eigenvalue weighted by Crippen LogP contribution is 2.16. The van der Waals surface area contributed by atoms with Crippen LogP contribution in [0, 0.1) is 11.8 Å². The first-order valence-electron chi connectivity index (χ1n) is 8.67. The van der Waals surface area contributed by atoms with Crippen LogP contribution >= 0.6 is 0 Å². The highest BCUT2D eigenvalue weighted by Gasteiger charge is 2.13. The number of hydrogen-bond donors (Lipinski definition) is 2. The van der Waals surface area contributed by atoms with Gasteiger partial charge in [0.2, 0.25) is 0 Å². The average Bonchev–Trinajstić information content (AvgIpc) is 2.58. The molecule has 2 amide bonds. The summed E-state index contributed by atoms with van der Waals surface area (Å²) in [5, 5.41) is 5.85. The second-order valence-corrected chi connectivity index (χ2v) is 6.27. The Kier molecular flexibility index (Phi) is 8.35. The molecule has 1 aliphatic carbocycles. The van der Waals surface area contributed by atoms with Gasteiger partial charge in [0.05, 0.1) is 0 Å². The zero-order valence-corrected chi connectivity index (χ0v) is 13.5. The van der Waals surface area contributed by atoms with Gasteiger partial charge < -0.3 is 20.1 Å². The van der Waals surface area contributed by atoms with E-state index in [2.05, 4.69) is 22.8 Å². The molecule has 1 fully saturated rings. The van der Waals surface area contributed by atoms with Crippen LogP contribution in [0.4, 0.5) is 4.79 Å². The van der Waals surface area contributed by atoms with Crippen LogP contribution in [0.2, 0.25) is 0 Å². The molecule has 1 heterocycles. The number of ether oxygens (including phenoxy) is 2. The number of urea groups is 1. The van der Waals surface area contributed by atoms with E-state index < -0.39 is 0 Å². The van der Waals surface area contributed by atoms with E-state index >= 15 is 0 Å². The molecule has 1 aliphatic heterocycles. The molecule has 126 valence electrons. The number of allylic oxidation sites excluding steroid dienone is 2. The summed E-state index contributed by atoms with van der Waals surface area (Å²) < 4.78 is 11.0. The maximum absolute atomic E-state index is 11.7. The van der Waals surface area contributed by atoms with Crippen LogP contribution < -0.4 is 10.6 Å². The lowest BCUT2D eigenvalue weighted by Crippen LogP contribution is -2.39. The van der Waals surface area contributed by atoms with E-state index in [0.29, 0.717) is 25.0 Å².